The Morgan fingerprint density at radius 3 is 3.00 bits per heavy atom. The van der Waals surface area contributed by atoms with E-state index in [1.165, 1.54) is 0 Å². The average molecular weight is 287 g/mol. The van der Waals surface area contributed by atoms with E-state index < -0.39 is 0 Å². The second-order valence-electron chi connectivity index (χ2n) is 4.59. The highest BCUT2D eigenvalue weighted by atomic mass is 16.5. The Morgan fingerprint density at radius 2 is 2.29 bits per heavy atom. The number of nitrogens with one attached hydrogen (secondary N) is 3. The summed E-state index contributed by atoms with van der Waals surface area (Å²) in [7, 11) is 0. The molecule has 0 bridgehead atoms. The normalized spacial score (nSPS) is 11.0. The van der Waals surface area contributed by atoms with Crippen LogP contribution in [0.1, 0.15) is 13.8 Å². The fourth-order valence-electron chi connectivity index (χ4n) is 1.49. The number of anilines is 1. The number of hydrogen-bond acceptors (Lipinski definition) is 5. The molecular weight excluding hydrogens is 270 g/mol. The molecule has 0 atom stereocenters. The predicted molar refractivity (Wildman–Crippen MR) is 81.7 cm³/mol. The second-order valence-corrected chi connectivity index (χ2v) is 4.59. The summed E-state index contributed by atoms with van der Waals surface area (Å²) in [6, 6.07) is 7.81. The van der Waals surface area contributed by atoms with E-state index in [2.05, 4.69) is 25.8 Å². The molecule has 0 amide bonds. The molecule has 0 saturated carbocycles. The van der Waals surface area contributed by atoms with Gasteiger partial charge in [0.1, 0.15) is 0 Å². The Balaban J connectivity index is 2.15. The molecule has 1 heterocycles. The van der Waals surface area contributed by atoms with Crippen molar-refractivity contribution in [3.05, 3.63) is 24.3 Å². The molecule has 21 heavy (non-hydrogen) atoms. The van der Waals surface area contributed by atoms with Gasteiger partial charge in [0.2, 0.25) is 5.82 Å². The Hall–Kier alpha value is -2.90. The topological polar surface area (TPSA) is 125 Å². The van der Waals surface area contributed by atoms with E-state index >= 15 is 0 Å². The number of aliphatic imine (C=N–C) groups is 1. The second kappa shape index (κ2) is 6.51. The van der Waals surface area contributed by atoms with Crippen LogP contribution in [-0.4, -0.2) is 28.5 Å². The quantitative estimate of drug-likeness (QED) is 0.490. The molecule has 2 aromatic rings. The van der Waals surface area contributed by atoms with E-state index in [1.807, 2.05) is 38.1 Å². The number of nitrogens with two attached hydrogens (primary N) is 1. The molecule has 2 rings (SSSR count). The molecule has 0 fully saturated rings. The van der Waals surface area contributed by atoms with E-state index in [0.29, 0.717) is 11.9 Å². The Bertz CT molecular complexity index is 647. The summed E-state index contributed by atoms with van der Waals surface area (Å²) < 4.78 is 4.94. The van der Waals surface area contributed by atoms with E-state index in [9.17, 15) is 0 Å². The van der Waals surface area contributed by atoms with Crippen LogP contribution in [0.4, 0.5) is 11.7 Å². The predicted octanol–water partition coefficient (Wildman–Crippen LogP) is 1.70. The number of guanidine groups is 1. The Morgan fingerprint density at radius 1 is 1.48 bits per heavy atom. The summed E-state index contributed by atoms with van der Waals surface area (Å²) in [5.74, 6) is 0.135. The lowest BCUT2D eigenvalue weighted by Crippen LogP contribution is -2.20. The van der Waals surface area contributed by atoms with Crippen molar-refractivity contribution in [2.24, 2.45) is 10.7 Å². The van der Waals surface area contributed by atoms with Crippen molar-refractivity contribution in [2.45, 2.75) is 19.9 Å². The molecule has 0 aliphatic heterocycles. The monoisotopic (exact) mass is 287 g/mol. The van der Waals surface area contributed by atoms with Gasteiger partial charge in [-0.3, -0.25) is 10.7 Å². The molecular formula is C13H17N7O. The molecule has 0 saturated heterocycles. The molecule has 0 radical (unpaired) electrons. The average Bonchev–Trinajstić information content (AvgIpc) is 2.86. The fourth-order valence-corrected chi connectivity index (χ4v) is 1.49. The number of hydrogen-bond donors (Lipinski definition) is 4. The van der Waals surface area contributed by atoms with Gasteiger partial charge in [-0.15, -0.1) is 0 Å². The van der Waals surface area contributed by atoms with Crippen LogP contribution in [0, 0.1) is 5.41 Å². The Kier molecular flexibility index (Phi) is 4.50. The van der Waals surface area contributed by atoms with Crippen LogP contribution in [0.25, 0.3) is 11.4 Å². The van der Waals surface area contributed by atoms with Crippen LogP contribution in [0.3, 0.4) is 0 Å². The summed E-state index contributed by atoms with van der Waals surface area (Å²) in [5, 5.41) is 16.5. The van der Waals surface area contributed by atoms with E-state index in [1.54, 1.807) is 6.34 Å². The number of nitrogens with zero attached hydrogens (tertiary/aromatic N) is 3. The molecule has 8 nitrogen and oxygen atoms in total. The van der Waals surface area contributed by atoms with Crippen molar-refractivity contribution in [3.63, 3.8) is 0 Å². The minimum atomic E-state index is -0.261. The zero-order valence-electron chi connectivity index (χ0n) is 11.8. The maximum atomic E-state index is 7.10. The SMILES string of the molecule is CC(C)N/C=N/c1cccc(-c2noc(NC(=N)N)n2)c1. The van der Waals surface area contributed by atoms with Crippen LogP contribution in [0.2, 0.25) is 0 Å². The molecule has 8 heteroatoms. The van der Waals surface area contributed by atoms with Gasteiger partial charge in [0.15, 0.2) is 5.96 Å². The van der Waals surface area contributed by atoms with Crippen LogP contribution in [0.5, 0.6) is 0 Å². The van der Waals surface area contributed by atoms with Gasteiger partial charge in [-0.05, 0) is 26.0 Å². The lowest BCUT2D eigenvalue weighted by Gasteiger charge is -2.02. The van der Waals surface area contributed by atoms with Gasteiger partial charge < -0.3 is 15.6 Å². The number of aromatic nitrogens is 2. The van der Waals surface area contributed by atoms with E-state index in [-0.39, 0.29) is 12.0 Å². The highest BCUT2D eigenvalue weighted by Crippen LogP contribution is 2.22. The van der Waals surface area contributed by atoms with Gasteiger partial charge in [-0.25, -0.2) is 4.99 Å². The molecule has 1 aromatic heterocycles. The van der Waals surface area contributed by atoms with E-state index in [0.717, 1.165) is 11.3 Å². The van der Waals surface area contributed by atoms with Crippen molar-refractivity contribution in [3.8, 4) is 11.4 Å². The summed E-state index contributed by atoms with van der Waals surface area (Å²) in [6.07, 6.45) is 1.66. The highest BCUT2D eigenvalue weighted by Gasteiger charge is 2.09. The van der Waals surface area contributed by atoms with Gasteiger partial charge in [0.25, 0.3) is 0 Å². The van der Waals surface area contributed by atoms with Crippen molar-refractivity contribution in [2.75, 3.05) is 5.32 Å². The van der Waals surface area contributed by atoms with Gasteiger partial charge in [0.05, 0.1) is 12.0 Å². The third kappa shape index (κ3) is 4.30. The van der Waals surface area contributed by atoms with Crippen molar-refractivity contribution in [1.29, 1.82) is 5.41 Å². The largest absolute Gasteiger partial charge is 0.374 e. The van der Waals surface area contributed by atoms with Gasteiger partial charge in [0, 0.05) is 11.6 Å². The Labute approximate surface area is 122 Å². The maximum absolute atomic E-state index is 7.10. The summed E-state index contributed by atoms with van der Waals surface area (Å²) >= 11 is 0. The fraction of sp³-hybridized carbons (Fsp3) is 0.231. The smallest absolute Gasteiger partial charge is 0.328 e. The third-order valence-electron chi connectivity index (χ3n) is 2.39. The lowest BCUT2D eigenvalue weighted by molar-refractivity contribution is 0.436. The molecule has 0 aliphatic carbocycles. The van der Waals surface area contributed by atoms with Crippen LogP contribution >= 0.6 is 0 Å². The first-order valence-electron chi connectivity index (χ1n) is 6.38. The first-order chi connectivity index (χ1) is 10.0. The molecule has 5 N–H and O–H groups in total. The third-order valence-corrected chi connectivity index (χ3v) is 2.39. The minimum Gasteiger partial charge on any atom is -0.374 e. The van der Waals surface area contributed by atoms with Gasteiger partial charge in [-0.2, -0.15) is 4.98 Å². The standard InChI is InChI=1S/C13H17N7O/c1-8(2)16-7-17-10-5-3-4-9(6-10)11-18-13(21-20-11)19-12(14)15/h3-8H,1-2H3,(H,16,17)(H4,14,15,18,19,20). The van der Waals surface area contributed by atoms with E-state index in [4.69, 9.17) is 15.7 Å². The molecule has 1 aromatic carbocycles. The zero-order valence-corrected chi connectivity index (χ0v) is 11.8. The molecule has 0 spiro atoms. The van der Waals surface area contributed by atoms with Crippen LogP contribution in [-0.2, 0) is 0 Å². The summed E-state index contributed by atoms with van der Waals surface area (Å²) in [6.45, 7) is 4.07. The minimum absolute atomic E-state index is 0.0767. The maximum Gasteiger partial charge on any atom is 0.328 e. The van der Waals surface area contributed by atoms with Gasteiger partial charge >= 0.3 is 6.01 Å². The van der Waals surface area contributed by atoms with Crippen LogP contribution in [0.15, 0.2) is 33.8 Å². The summed E-state index contributed by atoms with van der Waals surface area (Å²) in [5.41, 5.74) is 6.72. The molecule has 0 unspecified atom stereocenters. The number of benzene rings is 1. The first-order valence-corrected chi connectivity index (χ1v) is 6.38. The number of rotatable bonds is 5. The molecule has 110 valence electrons. The first kappa shape index (κ1) is 14.5. The zero-order chi connectivity index (χ0) is 15.2. The van der Waals surface area contributed by atoms with Crippen molar-refractivity contribution < 1.29 is 4.52 Å². The van der Waals surface area contributed by atoms with Crippen molar-refractivity contribution >= 4 is 24.0 Å². The van der Waals surface area contributed by atoms with Crippen molar-refractivity contribution in [1.82, 2.24) is 15.5 Å². The van der Waals surface area contributed by atoms with Crippen LogP contribution < -0.4 is 16.4 Å². The summed E-state index contributed by atoms with van der Waals surface area (Å²) in [4.78, 5) is 8.39. The lowest BCUT2D eigenvalue weighted by atomic mass is 10.2. The highest BCUT2D eigenvalue weighted by molar-refractivity contribution is 5.87. The molecule has 0 aliphatic rings. The van der Waals surface area contributed by atoms with Gasteiger partial charge in [-0.1, -0.05) is 17.3 Å².